The van der Waals surface area contributed by atoms with Gasteiger partial charge in [-0.25, -0.2) is 19.4 Å². The Bertz CT molecular complexity index is 138. The van der Waals surface area contributed by atoms with Crippen LogP contribution in [0.2, 0.25) is 0 Å². The van der Waals surface area contributed by atoms with E-state index in [0.717, 1.165) is 20.1 Å². The van der Waals surface area contributed by atoms with Crippen LogP contribution in [0.15, 0.2) is 0 Å². The Morgan fingerprint density at radius 3 is 1.50 bits per heavy atom. The molecule has 12 heavy (non-hydrogen) atoms. The predicted molar refractivity (Wildman–Crippen MR) is 39.9 cm³/mol. The monoisotopic (exact) mass is 176 g/mol. The van der Waals surface area contributed by atoms with Crippen molar-refractivity contribution in [2.24, 2.45) is 0 Å². The lowest BCUT2D eigenvalue weighted by Crippen LogP contribution is -2.03. The van der Waals surface area contributed by atoms with E-state index < -0.39 is 11.9 Å². The van der Waals surface area contributed by atoms with Crippen LogP contribution < -0.4 is 0 Å². The highest BCUT2D eigenvalue weighted by molar-refractivity contribution is 5.69. The van der Waals surface area contributed by atoms with E-state index in [9.17, 15) is 14.4 Å². The summed E-state index contributed by atoms with van der Waals surface area (Å²) in [5.74, 6) is -1.28. The van der Waals surface area contributed by atoms with Crippen molar-refractivity contribution in [3.05, 3.63) is 0 Å². The maximum atomic E-state index is 9.85. The molecule has 5 nitrogen and oxygen atoms in total. The van der Waals surface area contributed by atoms with Gasteiger partial charge in [-0.1, -0.05) is 6.92 Å². The van der Waals surface area contributed by atoms with Crippen molar-refractivity contribution in [2.45, 2.75) is 27.2 Å². The van der Waals surface area contributed by atoms with E-state index in [4.69, 9.17) is 0 Å². The number of aldehydes is 1. The van der Waals surface area contributed by atoms with Gasteiger partial charge in [0.1, 0.15) is 6.29 Å². The van der Waals surface area contributed by atoms with Gasteiger partial charge in [0.25, 0.3) is 0 Å². The van der Waals surface area contributed by atoms with Crippen molar-refractivity contribution >= 4 is 18.2 Å². The Kier molecular flexibility index (Phi) is 10.6. The summed E-state index contributed by atoms with van der Waals surface area (Å²) in [7, 11) is 0. The minimum absolute atomic E-state index is 0.639. The molecule has 0 aliphatic heterocycles. The van der Waals surface area contributed by atoms with Crippen LogP contribution in [0.4, 0.5) is 0 Å². The summed E-state index contributed by atoms with van der Waals surface area (Å²) < 4.78 is 0. The molecular formula is C7H12O5. The first kappa shape index (κ1) is 13.2. The second-order valence-electron chi connectivity index (χ2n) is 1.72. The summed E-state index contributed by atoms with van der Waals surface area (Å²) in [6.07, 6.45) is 1.51. The normalized spacial score (nSPS) is 7.25. The topological polar surface area (TPSA) is 69.7 Å². The Hall–Kier alpha value is -1.39. The third kappa shape index (κ3) is 23.5. The van der Waals surface area contributed by atoms with Crippen LogP contribution in [0.1, 0.15) is 27.2 Å². The highest BCUT2D eigenvalue weighted by Crippen LogP contribution is 1.78. The molecule has 5 heteroatoms. The van der Waals surface area contributed by atoms with E-state index in [1.54, 1.807) is 0 Å². The van der Waals surface area contributed by atoms with Gasteiger partial charge in [0.2, 0.25) is 0 Å². The van der Waals surface area contributed by atoms with Crippen molar-refractivity contribution < 1.29 is 24.2 Å². The quantitative estimate of drug-likeness (QED) is 0.333. The molecule has 0 fully saturated rings. The zero-order chi connectivity index (χ0) is 9.98. The largest absolute Gasteiger partial charge is 0.352 e. The Labute approximate surface area is 70.6 Å². The fourth-order valence-electron chi connectivity index (χ4n) is 0.117. The molecule has 0 bridgehead atoms. The lowest BCUT2D eigenvalue weighted by atomic mass is 10.6. The van der Waals surface area contributed by atoms with Gasteiger partial charge in [0.05, 0.1) is 0 Å². The SMILES string of the molecule is CC(=O)OOC(C)=O.CCC=O. The van der Waals surface area contributed by atoms with Crippen LogP contribution in [0.3, 0.4) is 0 Å². The number of hydrogen-bond acceptors (Lipinski definition) is 5. The van der Waals surface area contributed by atoms with Gasteiger partial charge in [0.15, 0.2) is 0 Å². The smallest absolute Gasteiger partial charge is 0.303 e. The molecule has 0 aromatic heterocycles. The summed E-state index contributed by atoms with van der Waals surface area (Å²) in [5.41, 5.74) is 0. The molecule has 0 radical (unpaired) electrons. The highest BCUT2D eigenvalue weighted by atomic mass is 17.2. The summed E-state index contributed by atoms with van der Waals surface area (Å²) in [5, 5.41) is 0. The fourth-order valence-corrected chi connectivity index (χ4v) is 0.117. The minimum atomic E-state index is -0.639. The van der Waals surface area contributed by atoms with Crippen molar-refractivity contribution in [3.8, 4) is 0 Å². The average molecular weight is 176 g/mol. The molecule has 0 heterocycles. The maximum absolute atomic E-state index is 9.85. The number of carbonyl (C=O) groups is 3. The molecule has 0 aliphatic carbocycles. The summed E-state index contributed by atoms with van der Waals surface area (Å²) >= 11 is 0. The van der Waals surface area contributed by atoms with E-state index in [1.807, 2.05) is 6.92 Å². The van der Waals surface area contributed by atoms with Crippen LogP contribution in [-0.4, -0.2) is 18.2 Å². The Morgan fingerprint density at radius 2 is 1.42 bits per heavy atom. The van der Waals surface area contributed by atoms with E-state index in [2.05, 4.69) is 9.78 Å². The molecule has 0 atom stereocenters. The van der Waals surface area contributed by atoms with Crippen LogP contribution in [0.5, 0.6) is 0 Å². The number of carbonyl (C=O) groups excluding carboxylic acids is 3. The molecule has 0 amide bonds. The first-order chi connectivity index (χ1) is 5.54. The fraction of sp³-hybridized carbons (Fsp3) is 0.571. The third-order valence-electron chi connectivity index (χ3n) is 0.443. The molecule has 70 valence electrons. The van der Waals surface area contributed by atoms with Gasteiger partial charge in [-0.2, -0.15) is 0 Å². The third-order valence-corrected chi connectivity index (χ3v) is 0.443. The van der Waals surface area contributed by atoms with Gasteiger partial charge in [-0.3, -0.25) is 0 Å². The van der Waals surface area contributed by atoms with Gasteiger partial charge in [0, 0.05) is 20.3 Å². The first-order valence-corrected chi connectivity index (χ1v) is 3.33. The van der Waals surface area contributed by atoms with Crippen molar-refractivity contribution in [1.82, 2.24) is 0 Å². The molecule has 0 N–H and O–H groups in total. The summed E-state index contributed by atoms with van der Waals surface area (Å²) in [6.45, 7) is 4.10. The van der Waals surface area contributed by atoms with Gasteiger partial charge in [-0.05, 0) is 0 Å². The molecule has 0 unspecified atom stereocenters. The van der Waals surface area contributed by atoms with Crippen LogP contribution in [-0.2, 0) is 24.2 Å². The molecule has 0 aromatic carbocycles. The predicted octanol–water partition coefficient (Wildman–Crippen LogP) is 0.623. The molecular weight excluding hydrogens is 164 g/mol. The van der Waals surface area contributed by atoms with Crippen LogP contribution >= 0.6 is 0 Å². The van der Waals surface area contributed by atoms with Crippen molar-refractivity contribution in [2.75, 3.05) is 0 Å². The second kappa shape index (κ2) is 9.61. The molecule has 0 aromatic rings. The Balaban J connectivity index is 0. The highest BCUT2D eigenvalue weighted by Gasteiger charge is 1.95. The second-order valence-corrected chi connectivity index (χ2v) is 1.72. The van der Waals surface area contributed by atoms with Crippen LogP contribution in [0.25, 0.3) is 0 Å². The summed E-state index contributed by atoms with van der Waals surface area (Å²) in [4.78, 5) is 36.5. The zero-order valence-electron chi connectivity index (χ0n) is 7.33. The molecule has 0 spiro atoms. The molecule has 0 rings (SSSR count). The molecule has 0 aliphatic rings. The molecule has 0 saturated heterocycles. The maximum Gasteiger partial charge on any atom is 0.352 e. The zero-order valence-corrected chi connectivity index (χ0v) is 7.33. The number of hydrogen-bond donors (Lipinski definition) is 0. The van der Waals surface area contributed by atoms with Crippen molar-refractivity contribution in [3.63, 3.8) is 0 Å². The first-order valence-electron chi connectivity index (χ1n) is 3.33. The van der Waals surface area contributed by atoms with Crippen LogP contribution in [0, 0.1) is 0 Å². The van der Waals surface area contributed by atoms with E-state index in [0.29, 0.717) is 6.42 Å². The molecule has 0 saturated carbocycles. The van der Waals surface area contributed by atoms with Gasteiger partial charge >= 0.3 is 11.9 Å². The van der Waals surface area contributed by atoms with Gasteiger partial charge < -0.3 is 4.79 Å². The van der Waals surface area contributed by atoms with Crippen molar-refractivity contribution in [1.29, 1.82) is 0 Å². The lowest BCUT2D eigenvalue weighted by molar-refractivity contribution is -0.255. The van der Waals surface area contributed by atoms with E-state index >= 15 is 0 Å². The van der Waals surface area contributed by atoms with E-state index in [-0.39, 0.29) is 0 Å². The minimum Gasteiger partial charge on any atom is -0.303 e. The van der Waals surface area contributed by atoms with E-state index in [1.165, 1.54) is 0 Å². The number of rotatable bonds is 1. The van der Waals surface area contributed by atoms with Gasteiger partial charge in [-0.15, -0.1) is 0 Å². The lowest BCUT2D eigenvalue weighted by Gasteiger charge is -1.93. The average Bonchev–Trinajstić information content (AvgIpc) is 2.01. The summed E-state index contributed by atoms with van der Waals surface area (Å²) in [6, 6.07) is 0. The Morgan fingerprint density at radius 1 is 1.17 bits per heavy atom. The standard InChI is InChI=1S/C4H6O4.C3H6O/c1-3(5)7-8-4(2)6;1-2-3-4/h1-2H3;3H,2H2,1H3.